The maximum atomic E-state index is 12.0. The van der Waals surface area contributed by atoms with Crippen molar-refractivity contribution in [1.29, 1.82) is 0 Å². The number of carbonyl (C=O) groups excluding carboxylic acids is 2. The van der Waals surface area contributed by atoms with Crippen LogP contribution in [-0.2, 0) is 11.2 Å². The molecular weight excluding hydrogens is 254 g/mol. The van der Waals surface area contributed by atoms with E-state index in [0.717, 1.165) is 17.0 Å². The first-order valence-corrected chi connectivity index (χ1v) is 6.63. The fourth-order valence-electron chi connectivity index (χ4n) is 1.80. The van der Waals surface area contributed by atoms with Gasteiger partial charge in [0.2, 0.25) is 5.91 Å². The maximum absolute atomic E-state index is 12.0. The standard InChI is InChI=1S/C15H22N3O2/c1-17(2)11-6-12-18(15(16)20)14(19)10-9-13-7-4-3-5-8-13/h3-5,7-8,10H,6,9,11-12H2,1-2H3,(H2,16,20). The van der Waals surface area contributed by atoms with Crippen LogP contribution >= 0.6 is 0 Å². The minimum atomic E-state index is -0.696. The lowest BCUT2D eigenvalue weighted by molar-refractivity contribution is -0.124. The van der Waals surface area contributed by atoms with Gasteiger partial charge in [0, 0.05) is 6.54 Å². The topological polar surface area (TPSA) is 66.6 Å². The highest BCUT2D eigenvalue weighted by atomic mass is 16.2. The van der Waals surface area contributed by atoms with Crippen LogP contribution in [-0.4, -0.2) is 48.9 Å². The molecule has 0 heterocycles. The van der Waals surface area contributed by atoms with Crippen LogP contribution in [0.3, 0.4) is 0 Å². The van der Waals surface area contributed by atoms with Crippen molar-refractivity contribution in [1.82, 2.24) is 9.80 Å². The van der Waals surface area contributed by atoms with Gasteiger partial charge in [-0.25, -0.2) is 4.79 Å². The fraction of sp³-hybridized carbons (Fsp3) is 0.400. The zero-order valence-electron chi connectivity index (χ0n) is 12.1. The van der Waals surface area contributed by atoms with Crippen LogP contribution in [0, 0.1) is 6.42 Å². The first-order valence-electron chi connectivity index (χ1n) is 6.63. The number of nitrogens with zero attached hydrogens (tertiary/aromatic N) is 2. The van der Waals surface area contributed by atoms with Gasteiger partial charge in [-0.3, -0.25) is 9.69 Å². The molecule has 0 aliphatic carbocycles. The third kappa shape index (κ3) is 5.84. The predicted octanol–water partition coefficient (Wildman–Crippen LogP) is 1.29. The van der Waals surface area contributed by atoms with Crippen LogP contribution in [0.4, 0.5) is 4.79 Å². The average molecular weight is 276 g/mol. The number of nitrogens with two attached hydrogens (primary N) is 1. The number of carbonyl (C=O) groups is 2. The Labute approximate surface area is 120 Å². The van der Waals surface area contributed by atoms with Crippen LogP contribution in [0.25, 0.3) is 0 Å². The monoisotopic (exact) mass is 276 g/mol. The smallest absolute Gasteiger partial charge is 0.321 e. The molecule has 0 atom stereocenters. The Morgan fingerprint density at radius 2 is 1.80 bits per heavy atom. The molecular formula is C15H22N3O2. The summed E-state index contributed by atoms with van der Waals surface area (Å²) < 4.78 is 0. The zero-order chi connectivity index (χ0) is 15.0. The van der Waals surface area contributed by atoms with Crippen molar-refractivity contribution in [2.45, 2.75) is 12.8 Å². The highest BCUT2D eigenvalue weighted by molar-refractivity contribution is 5.98. The Bertz CT molecular complexity index is 432. The molecule has 1 aromatic rings. The van der Waals surface area contributed by atoms with Gasteiger partial charge < -0.3 is 10.6 Å². The summed E-state index contributed by atoms with van der Waals surface area (Å²) in [7, 11) is 3.88. The molecule has 0 spiro atoms. The molecule has 20 heavy (non-hydrogen) atoms. The molecule has 109 valence electrons. The second-order valence-corrected chi connectivity index (χ2v) is 4.88. The molecule has 1 radical (unpaired) electrons. The van der Waals surface area contributed by atoms with Crippen molar-refractivity contribution in [3.63, 3.8) is 0 Å². The van der Waals surface area contributed by atoms with Crippen LogP contribution in [0.2, 0.25) is 0 Å². The highest BCUT2D eigenvalue weighted by Gasteiger charge is 2.18. The summed E-state index contributed by atoms with van der Waals surface area (Å²) in [6.07, 6.45) is 2.70. The largest absolute Gasteiger partial charge is 0.351 e. The van der Waals surface area contributed by atoms with Gasteiger partial charge in [-0.15, -0.1) is 0 Å². The Morgan fingerprint density at radius 1 is 1.15 bits per heavy atom. The molecule has 0 aromatic heterocycles. The zero-order valence-corrected chi connectivity index (χ0v) is 12.1. The SMILES string of the molecule is CN(C)CCCN(C(N)=O)C(=O)[CH]Cc1ccccc1. The summed E-state index contributed by atoms with van der Waals surface area (Å²) >= 11 is 0. The lowest BCUT2D eigenvalue weighted by Crippen LogP contribution is -2.42. The molecule has 0 unspecified atom stereocenters. The van der Waals surface area contributed by atoms with E-state index in [1.807, 2.05) is 49.3 Å². The number of primary amides is 1. The van der Waals surface area contributed by atoms with Crippen LogP contribution in [0.1, 0.15) is 12.0 Å². The maximum Gasteiger partial charge on any atom is 0.321 e. The molecule has 0 saturated heterocycles. The molecule has 5 heteroatoms. The van der Waals surface area contributed by atoms with Gasteiger partial charge in [0.15, 0.2) is 0 Å². The van der Waals surface area contributed by atoms with Crippen LogP contribution < -0.4 is 5.73 Å². The quantitative estimate of drug-likeness (QED) is 0.816. The Morgan fingerprint density at radius 3 is 2.35 bits per heavy atom. The summed E-state index contributed by atoms with van der Waals surface area (Å²) in [6.45, 7) is 1.15. The lowest BCUT2D eigenvalue weighted by Gasteiger charge is -2.19. The predicted molar refractivity (Wildman–Crippen MR) is 78.9 cm³/mol. The molecule has 0 bridgehead atoms. The van der Waals surface area contributed by atoms with Gasteiger partial charge in [-0.1, -0.05) is 30.3 Å². The van der Waals surface area contributed by atoms with E-state index in [4.69, 9.17) is 5.73 Å². The van der Waals surface area contributed by atoms with Gasteiger partial charge >= 0.3 is 6.03 Å². The van der Waals surface area contributed by atoms with Gasteiger partial charge in [0.05, 0.1) is 6.42 Å². The number of hydrogen-bond acceptors (Lipinski definition) is 3. The van der Waals surface area contributed by atoms with Crippen molar-refractivity contribution >= 4 is 11.9 Å². The Kier molecular flexibility index (Phi) is 6.73. The minimum absolute atomic E-state index is 0.333. The second-order valence-electron chi connectivity index (χ2n) is 4.88. The fourth-order valence-corrected chi connectivity index (χ4v) is 1.80. The summed E-state index contributed by atoms with van der Waals surface area (Å²) in [5.41, 5.74) is 6.28. The van der Waals surface area contributed by atoms with Crippen molar-refractivity contribution < 1.29 is 9.59 Å². The van der Waals surface area contributed by atoms with Gasteiger partial charge in [0.1, 0.15) is 0 Å². The Balaban J connectivity index is 2.45. The molecule has 1 rings (SSSR count). The van der Waals surface area contributed by atoms with E-state index in [0.29, 0.717) is 19.4 Å². The molecule has 3 amide bonds. The molecule has 0 aliphatic heterocycles. The summed E-state index contributed by atoms with van der Waals surface area (Å²) in [5, 5.41) is 0. The molecule has 5 nitrogen and oxygen atoms in total. The second kappa shape index (κ2) is 8.32. The van der Waals surface area contributed by atoms with E-state index in [-0.39, 0.29) is 5.91 Å². The third-order valence-electron chi connectivity index (χ3n) is 2.87. The van der Waals surface area contributed by atoms with E-state index >= 15 is 0 Å². The van der Waals surface area contributed by atoms with Crippen LogP contribution in [0.15, 0.2) is 30.3 Å². The van der Waals surface area contributed by atoms with Gasteiger partial charge in [0.25, 0.3) is 0 Å². The highest BCUT2D eigenvalue weighted by Crippen LogP contribution is 2.04. The van der Waals surface area contributed by atoms with E-state index in [1.165, 1.54) is 6.42 Å². The molecule has 0 aliphatic rings. The van der Waals surface area contributed by atoms with Crippen molar-refractivity contribution in [3.8, 4) is 0 Å². The number of hydrogen-bond donors (Lipinski definition) is 1. The van der Waals surface area contributed by atoms with Crippen molar-refractivity contribution in [2.75, 3.05) is 27.2 Å². The van der Waals surface area contributed by atoms with E-state index < -0.39 is 6.03 Å². The summed E-state index contributed by atoms with van der Waals surface area (Å²) in [5.74, 6) is -0.333. The minimum Gasteiger partial charge on any atom is -0.351 e. The van der Waals surface area contributed by atoms with Crippen LogP contribution in [0.5, 0.6) is 0 Å². The molecule has 1 aromatic carbocycles. The summed E-state index contributed by atoms with van der Waals surface area (Å²) in [6, 6.07) is 8.92. The number of amides is 3. The third-order valence-corrected chi connectivity index (χ3v) is 2.87. The number of imide groups is 1. The number of rotatable bonds is 7. The van der Waals surface area contributed by atoms with E-state index in [9.17, 15) is 9.59 Å². The average Bonchev–Trinajstić information content (AvgIpc) is 2.41. The van der Waals surface area contributed by atoms with Gasteiger partial charge in [-0.2, -0.15) is 0 Å². The van der Waals surface area contributed by atoms with E-state index in [2.05, 4.69) is 0 Å². The molecule has 0 saturated carbocycles. The summed E-state index contributed by atoms with van der Waals surface area (Å²) in [4.78, 5) is 26.4. The lowest BCUT2D eigenvalue weighted by atomic mass is 10.1. The van der Waals surface area contributed by atoms with Crippen molar-refractivity contribution in [3.05, 3.63) is 42.3 Å². The molecule has 2 N–H and O–H groups in total. The first kappa shape index (κ1) is 16.2. The Hall–Kier alpha value is -1.88. The van der Waals surface area contributed by atoms with Gasteiger partial charge in [-0.05, 0) is 39.0 Å². The number of urea groups is 1. The first-order chi connectivity index (χ1) is 9.50. The van der Waals surface area contributed by atoms with Crippen molar-refractivity contribution in [2.24, 2.45) is 5.73 Å². The van der Waals surface area contributed by atoms with E-state index in [1.54, 1.807) is 0 Å². The normalized spacial score (nSPS) is 10.6. The molecule has 0 fully saturated rings. The number of benzene rings is 1.